The average molecular weight is 405 g/mol. The minimum Gasteiger partial charge on any atom is -0.391 e. The lowest BCUT2D eigenvalue weighted by atomic mass is 9.91. The van der Waals surface area contributed by atoms with Gasteiger partial charge < -0.3 is 26.4 Å². The molecule has 0 aliphatic heterocycles. The van der Waals surface area contributed by atoms with E-state index in [9.17, 15) is 24.2 Å². The molecule has 9 heteroatoms. The van der Waals surface area contributed by atoms with Crippen LogP contribution in [0.3, 0.4) is 0 Å². The summed E-state index contributed by atoms with van der Waals surface area (Å²) in [4.78, 5) is 34.1. The van der Waals surface area contributed by atoms with E-state index in [0.717, 1.165) is 25.7 Å². The fourth-order valence-corrected chi connectivity index (χ4v) is 5.40. The fraction of sp³-hybridized carbons (Fsp3) is 0.889. The first-order chi connectivity index (χ1) is 12.5. The first-order valence-electron chi connectivity index (χ1n) is 9.84. The van der Waals surface area contributed by atoms with Gasteiger partial charge in [0.15, 0.2) is 0 Å². The molecule has 0 aromatic carbocycles. The van der Waals surface area contributed by atoms with E-state index in [1.54, 1.807) is 0 Å². The number of carbonyl (C=O) groups excluding carboxylic acids is 2. The number of hydrogen-bond donors (Lipinski definition) is 5. The number of aliphatic hydroxyl groups excluding tert-OH is 1. The number of nitrogens with two attached hydrogens (primary N) is 1. The highest BCUT2D eigenvalue weighted by molar-refractivity contribution is 7.58. The van der Waals surface area contributed by atoms with Crippen molar-refractivity contribution in [1.29, 1.82) is 0 Å². The van der Waals surface area contributed by atoms with Crippen molar-refractivity contribution >= 4 is 19.2 Å². The zero-order valence-corrected chi connectivity index (χ0v) is 17.6. The molecule has 1 saturated carbocycles. The first kappa shape index (κ1) is 24.1. The zero-order valence-electron chi connectivity index (χ0n) is 16.7. The summed E-state index contributed by atoms with van der Waals surface area (Å²) in [6, 6.07) is -1.51. The number of amides is 2. The molecule has 1 fully saturated rings. The predicted molar refractivity (Wildman–Crippen MR) is 106 cm³/mol. The van der Waals surface area contributed by atoms with E-state index in [2.05, 4.69) is 10.6 Å². The third-order valence-electron chi connectivity index (χ3n) is 5.05. The van der Waals surface area contributed by atoms with E-state index in [4.69, 9.17) is 5.73 Å². The molecule has 8 nitrogen and oxygen atoms in total. The number of aliphatic hydroxyl groups is 1. The van der Waals surface area contributed by atoms with Crippen molar-refractivity contribution in [2.45, 2.75) is 71.1 Å². The molecular weight excluding hydrogens is 369 g/mol. The lowest BCUT2D eigenvalue weighted by Gasteiger charge is -2.25. The highest BCUT2D eigenvalue weighted by Gasteiger charge is 2.29. The van der Waals surface area contributed by atoms with Gasteiger partial charge in [0.25, 0.3) is 0 Å². The summed E-state index contributed by atoms with van der Waals surface area (Å²) in [5.74, 6) is -0.694. The fourth-order valence-electron chi connectivity index (χ4n) is 3.29. The Labute approximate surface area is 162 Å². The summed E-state index contributed by atoms with van der Waals surface area (Å²) >= 11 is 0. The second kappa shape index (κ2) is 11.1. The number of nitrogens with one attached hydrogen (secondary N) is 2. The Balaban J connectivity index is 2.36. The normalized spacial score (nSPS) is 21.1. The Morgan fingerprint density at radius 2 is 1.74 bits per heavy atom. The maximum atomic E-state index is 12.4. The van der Waals surface area contributed by atoms with E-state index in [1.165, 1.54) is 13.3 Å². The van der Waals surface area contributed by atoms with Crippen LogP contribution in [0.2, 0.25) is 0 Å². The van der Waals surface area contributed by atoms with E-state index in [1.807, 2.05) is 13.8 Å². The molecule has 4 unspecified atom stereocenters. The molecular formula is C18H36N3O5P. The zero-order chi connectivity index (χ0) is 20.6. The Kier molecular flexibility index (Phi) is 9.95. The van der Waals surface area contributed by atoms with E-state index in [-0.39, 0.29) is 30.7 Å². The quantitative estimate of drug-likeness (QED) is 0.340. The molecule has 6 N–H and O–H groups in total. The maximum Gasteiger partial charge on any atom is 0.242 e. The molecule has 1 aliphatic rings. The number of carbonyl (C=O) groups is 2. The molecule has 1 aliphatic carbocycles. The minimum absolute atomic E-state index is 0.0510. The summed E-state index contributed by atoms with van der Waals surface area (Å²) in [6.07, 6.45) is 4.19. The van der Waals surface area contributed by atoms with Crippen LogP contribution < -0.4 is 16.4 Å². The van der Waals surface area contributed by atoms with Crippen LogP contribution in [0.5, 0.6) is 0 Å². The third-order valence-corrected chi connectivity index (χ3v) is 7.13. The van der Waals surface area contributed by atoms with Crippen LogP contribution in [0, 0.1) is 11.8 Å². The molecule has 4 atom stereocenters. The Hall–Kier alpha value is -0.950. The van der Waals surface area contributed by atoms with Gasteiger partial charge in [-0.15, -0.1) is 0 Å². The van der Waals surface area contributed by atoms with Crippen LogP contribution in [0.4, 0.5) is 0 Å². The first-order valence-corrected chi connectivity index (χ1v) is 11.9. The van der Waals surface area contributed by atoms with Crippen molar-refractivity contribution in [3.8, 4) is 0 Å². The van der Waals surface area contributed by atoms with Crippen molar-refractivity contribution in [2.24, 2.45) is 17.6 Å². The summed E-state index contributed by atoms with van der Waals surface area (Å²) in [7, 11) is -3.44. The van der Waals surface area contributed by atoms with Gasteiger partial charge in [-0.1, -0.05) is 33.1 Å². The summed E-state index contributed by atoms with van der Waals surface area (Å²) < 4.78 is 12.4. The van der Waals surface area contributed by atoms with Gasteiger partial charge in [0, 0.05) is 12.7 Å². The highest BCUT2D eigenvalue weighted by atomic mass is 31.2. The topological polar surface area (TPSA) is 142 Å². The van der Waals surface area contributed by atoms with Gasteiger partial charge in [0.2, 0.25) is 19.2 Å². The standard InChI is InChI=1S/C18H36N3O5P/c1-12(2)16(19)18(24)21-13(3)17(23)20-9-15(22)11-27(25,26)10-14-7-5-4-6-8-14/h12-16,22H,4-11,19H2,1-3H3,(H,20,23)(H,21,24)(H,25,26). The molecule has 27 heavy (non-hydrogen) atoms. The molecule has 0 bridgehead atoms. The molecule has 0 heterocycles. The molecule has 0 spiro atoms. The van der Waals surface area contributed by atoms with Crippen LogP contribution in [0.25, 0.3) is 0 Å². The Morgan fingerprint density at radius 3 is 2.30 bits per heavy atom. The van der Waals surface area contributed by atoms with Gasteiger partial charge in [-0.25, -0.2) is 0 Å². The van der Waals surface area contributed by atoms with E-state index in [0.29, 0.717) is 0 Å². The number of rotatable bonds is 10. The molecule has 158 valence electrons. The monoisotopic (exact) mass is 405 g/mol. The SMILES string of the molecule is CC(NC(=O)C(N)C(C)C)C(=O)NCC(O)CP(=O)(O)CC1CCCCC1. The van der Waals surface area contributed by atoms with Crippen molar-refractivity contribution < 1.29 is 24.2 Å². The van der Waals surface area contributed by atoms with Gasteiger partial charge in [0.05, 0.1) is 18.3 Å². The average Bonchev–Trinajstić information content (AvgIpc) is 2.58. The van der Waals surface area contributed by atoms with Crippen LogP contribution in [0.15, 0.2) is 0 Å². The van der Waals surface area contributed by atoms with Crippen molar-refractivity contribution in [3.63, 3.8) is 0 Å². The second-order valence-electron chi connectivity index (χ2n) is 8.11. The summed E-state index contributed by atoms with van der Waals surface area (Å²) in [5, 5.41) is 15.1. The summed E-state index contributed by atoms with van der Waals surface area (Å²) in [5.41, 5.74) is 5.73. The molecule has 1 rings (SSSR count). The van der Waals surface area contributed by atoms with Gasteiger partial charge in [-0.3, -0.25) is 14.2 Å². The Morgan fingerprint density at radius 1 is 1.15 bits per heavy atom. The lowest BCUT2D eigenvalue weighted by Crippen LogP contribution is -2.52. The molecule has 2 amide bonds. The minimum atomic E-state index is -3.44. The van der Waals surface area contributed by atoms with Gasteiger partial charge in [-0.05, 0) is 31.6 Å². The van der Waals surface area contributed by atoms with E-state index >= 15 is 0 Å². The largest absolute Gasteiger partial charge is 0.391 e. The van der Waals surface area contributed by atoms with Gasteiger partial charge >= 0.3 is 0 Å². The van der Waals surface area contributed by atoms with Gasteiger partial charge in [0.1, 0.15) is 6.04 Å². The van der Waals surface area contributed by atoms with Crippen molar-refractivity contribution in [3.05, 3.63) is 0 Å². The van der Waals surface area contributed by atoms with Crippen LogP contribution in [-0.4, -0.2) is 58.9 Å². The summed E-state index contributed by atoms with van der Waals surface area (Å²) in [6.45, 7) is 5.01. The van der Waals surface area contributed by atoms with Gasteiger partial charge in [-0.2, -0.15) is 0 Å². The van der Waals surface area contributed by atoms with Crippen LogP contribution >= 0.6 is 7.37 Å². The molecule has 0 saturated heterocycles. The second-order valence-corrected chi connectivity index (χ2v) is 10.5. The Bertz CT molecular complexity index is 537. The third kappa shape index (κ3) is 9.19. The molecule has 0 radical (unpaired) electrons. The van der Waals surface area contributed by atoms with Crippen LogP contribution in [-0.2, 0) is 14.2 Å². The lowest BCUT2D eigenvalue weighted by molar-refractivity contribution is -0.129. The molecule has 0 aromatic rings. The van der Waals surface area contributed by atoms with Crippen molar-refractivity contribution in [1.82, 2.24) is 10.6 Å². The highest BCUT2D eigenvalue weighted by Crippen LogP contribution is 2.45. The predicted octanol–water partition coefficient (Wildman–Crippen LogP) is 0.802. The maximum absolute atomic E-state index is 12.4. The smallest absolute Gasteiger partial charge is 0.242 e. The molecule has 0 aromatic heterocycles. The van der Waals surface area contributed by atoms with E-state index < -0.39 is 37.4 Å². The van der Waals surface area contributed by atoms with Crippen molar-refractivity contribution in [2.75, 3.05) is 18.9 Å². The van der Waals surface area contributed by atoms with Crippen LogP contribution in [0.1, 0.15) is 52.9 Å². The number of hydrogen-bond acceptors (Lipinski definition) is 5.